The number of thiophene rings is 1. The molecule has 0 spiro atoms. The first-order valence-corrected chi connectivity index (χ1v) is 12.8. The number of carbonyl (C=O) groups is 1. The van der Waals surface area contributed by atoms with E-state index in [4.69, 9.17) is 21.1 Å². The summed E-state index contributed by atoms with van der Waals surface area (Å²) < 4.78 is 12.2. The van der Waals surface area contributed by atoms with Crippen molar-refractivity contribution in [1.82, 2.24) is 19.8 Å². The van der Waals surface area contributed by atoms with Crippen LogP contribution in [0, 0.1) is 5.92 Å². The van der Waals surface area contributed by atoms with Crippen LogP contribution >= 0.6 is 22.9 Å². The summed E-state index contributed by atoms with van der Waals surface area (Å²) in [6, 6.07) is 2.24. The van der Waals surface area contributed by atoms with Gasteiger partial charge in [-0.2, -0.15) is 4.98 Å². The molecule has 0 aliphatic carbocycles. The quantitative estimate of drug-likeness (QED) is 0.587. The minimum atomic E-state index is -0.493. The van der Waals surface area contributed by atoms with Gasteiger partial charge in [0.05, 0.1) is 29.5 Å². The van der Waals surface area contributed by atoms with Crippen molar-refractivity contribution < 1.29 is 14.3 Å². The van der Waals surface area contributed by atoms with Gasteiger partial charge in [0.15, 0.2) is 5.82 Å². The van der Waals surface area contributed by atoms with E-state index >= 15 is 0 Å². The van der Waals surface area contributed by atoms with E-state index in [0.29, 0.717) is 25.7 Å². The van der Waals surface area contributed by atoms with Gasteiger partial charge in [-0.15, -0.1) is 11.3 Å². The second-order valence-corrected chi connectivity index (χ2v) is 11.5. The fourth-order valence-corrected chi connectivity index (χ4v) is 5.68. The standard InChI is InChI=1S/C23H34ClN5O3S/c1-15(2)18-14-27(6-7-29(18)22(30)32-23(3,4)5)13-16-12-17-19(33-16)20(26-21(24)25-17)28-8-10-31-11-9-28/h12,15,18H,6-11,13-14H2,1-5H3/t18-/m1/s1. The van der Waals surface area contributed by atoms with Gasteiger partial charge in [0.25, 0.3) is 0 Å². The van der Waals surface area contributed by atoms with E-state index in [2.05, 4.69) is 39.7 Å². The predicted octanol–water partition coefficient (Wildman–Crippen LogP) is 4.26. The number of morpholine rings is 1. The Morgan fingerprint density at radius 1 is 1.24 bits per heavy atom. The highest BCUT2D eigenvalue weighted by atomic mass is 35.5. The van der Waals surface area contributed by atoms with Crippen LogP contribution in [-0.2, 0) is 16.0 Å². The van der Waals surface area contributed by atoms with Crippen molar-refractivity contribution in [2.24, 2.45) is 5.92 Å². The van der Waals surface area contributed by atoms with Crippen LogP contribution in [0.1, 0.15) is 39.5 Å². The van der Waals surface area contributed by atoms with Gasteiger partial charge in [-0.1, -0.05) is 13.8 Å². The van der Waals surface area contributed by atoms with Gasteiger partial charge in [-0.05, 0) is 44.4 Å². The molecule has 33 heavy (non-hydrogen) atoms. The summed E-state index contributed by atoms with van der Waals surface area (Å²) in [7, 11) is 0. The normalized spacial score (nSPS) is 20.6. The largest absolute Gasteiger partial charge is 0.444 e. The Kier molecular flexibility index (Phi) is 7.33. The van der Waals surface area contributed by atoms with Crippen LogP contribution in [0.25, 0.3) is 10.2 Å². The maximum absolute atomic E-state index is 12.8. The molecule has 0 unspecified atom stereocenters. The summed E-state index contributed by atoms with van der Waals surface area (Å²) >= 11 is 7.99. The Morgan fingerprint density at radius 2 is 1.97 bits per heavy atom. The zero-order chi connectivity index (χ0) is 23.8. The number of nitrogens with zero attached hydrogens (tertiary/aromatic N) is 5. The highest BCUT2D eigenvalue weighted by molar-refractivity contribution is 7.19. The predicted molar refractivity (Wildman–Crippen MR) is 132 cm³/mol. The number of ether oxygens (including phenoxy) is 2. The van der Waals surface area contributed by atoms with Crippen LogP contribution in [-0.4, -0.2) is 83.4 Å². The number of rotatable bonds is 4. The molecule has 0 N–H and O–H groups in total. The minimum Gasteiger partial charge on any atom is -0.444 e. The number of carbonyl (C=O) groups excluding carboxylic acids is 1. The average molecular weight is 496 g/mol. The molecule has 0 bridgehead atoms. The molecule has 4 rings (SSSR count). The van der Waals surface area contributed by atoms with Crippen molar-refractivity contribution in [3.05, 3.63) is 16.2 Å². The van der Waals surface area contributed by atoms with Crippen molar-refractivity contribution in [2.75, 3.05) is 50.8 Å². The zero-order valence-corrected chi connectivity index (χ0v) is 21.7. The maximum atomic E-state index is 12.8. The number of amides is 1. The molecule has 10 heteroatoms. The second-order valence-electron chi connectivity index (χ2n) is 10.1. The molecule has 4 heterocycles. The molecule has 2 fully saturated rings. The van der Waals surface area contributed by atoms with Crippen LogP contribution in [0.2, 0.25) is 5.28 Å². The number of halogens is 1. The molecule has 0 aromatic carbocycles. The highest BCUT2D eigenvalue weighted by Gasteiger charge is 2.35. The monoisotopic (exact) mass is 495 g/mol. The summed E-state index contributed by atoms with van der Waals surface area (Å²) in [6.45, 7) is 16.1. The molecule has 0 saturated carbocycles. The number of hydrogen-bond acceptors (Lipinski definition) is 8. The van der Waals surface area contributed by atoms with Gasteiger partial charge in [-0.25, -0.2) is 9.78 Å². The lowest BCUT2D eigenvalue weighted by Crippen LogP contribution is -2.57. The van der Waals surface area contributed by atoms with E-state index in [1.54, 1.807) is 11.3 Å². The molecule has 2 aromatic heterocycles. The Labute approximate surface area is 204 Å². The molecule has 2 aromatic rings. The Morgan fingerprint density at radius 3 is 2.64 bits per heavy atom. The van der Waals surface area contributed by atoms with E-state index in [1.807, 2.05) is 25.7 Å². The van der Waals surface area contributed by atoms with Crippen molar-refractivity contribution in [3.63, 3.8) is 0 Å². The molecule has 8 nitrogen and oxygen atoms in total. The van der Waals surface area contributed by atoms with Gasteiger partial charge in [0.2, 0.25) is 5.28 Å². The first kappa shape index (κ1) is 24.4. The molecule has 182 valence electrons. The SMILES string of the molecule is CC(C)[C@H]1CN(Cc2cc3nc(Cl)nc(N4CCOCC4)c3s2)CCN1C(=O)OC(C)(C)C. The summed E-state index contributed by atoms with van der Waals surface area (Å²) in [6.07, 6.45) is -0.220. The van der Waals surface area contributed by atoms with Gasteiger partial charge in [0, 0.05) is 44.1 Å². The minimum absolute atomic E-state index is 0.112. The van der Waals surface area contributed by atoms with Crippen molar-refractivity contribution in [3.8, 4) is 0 Å². The summed E-state index contributed by atoms with van der Waals surface area (Å²) in [5, 5.41) is 0.277. The topological polar surface area (TPSA) is 71.0 Å². The molecule has 2 aliphatic heterocycles. The van der Waals surface area contributed by atoms with Gasteiger partial charge in [-0.3, -0.25) is 4.90 Å². The fraction of sp³-hybridized carbons (Fsp3) is 0.696. The third kappa shape index (κ3) is 5.88. The molecule has 0 radical (unpaired) electrons. The molecule has 1 atom stereocenters. The first-order valence-electron chi connectivity index (χ1n) is 11.6. The van der Waals surface area contributed by atoms with E-state index in [9.17, 15) is 4.79 Å². The van der Waals surface area contributed by atoms with E-state index in [-0.39, 0.29) is 17.4 Å². The van der Waals surface area contributed by atoms with Gasteiger partial charge < -0.3 is 19.3 Å². The smallest absolute Gasteiger partial charge is 0.410 e. The Hall–Kier alpha value is -1.68. The van der Waals surface area contributed by atoms with Gasteiger partial charge in [0.1, 0.15) is 5.60 Å². The Bertz CT molecular complexity index is 986. The lowest BCUT2D eigenvalue weighted by atomic mass is 10.00. The van der Waals surface area contributed by atoms with Crippen LogP contribution in [0.15, 0.2) is 6.07 Å². The van der Waals surface area contributed by atoms with Crippen molar-refractivity contribution in [1.29, 1.82) is 0 Å². The third-order valence-corrected chi connectivity index (χ3v) is 7.24. The molecular formula is C23H34ClN5O3S. The summed E-state index contributed by atoms with van der Waals surface area (Å²) in [5.74, 6) is 1.24. The van der Waals surface area contributed by atoms with Crippen LogP contribution in [0.3, 0.4) is 0 Å². The third-order valence-electron chi connectivity index (χ3n) is 5.97. The summed E-state index contributed by atoms with van der Waals surface area (Å²) in [4.78, 5) is 29.6. The Balaban J connectivity index is 1.50. The van der Waals surface area contributed by atoms with E-state index < -0.39 is 5.60 Å². The number of anilines is 1. The number of aromatic nitrogens is 2. The second kappa shape index (κ2) is 9.90. The van der Waals surface area contributed by atoms with E-state index in [0.717, 1.165) is 48.8 Å². The van der Waals surface area contributed by atoms with Crippen molar-refractivity contribution in [2.45, 2.75) is 52.8 Å². The highest BCUT2D eigenvalue weighted by Crippen LogP contribution is 2.34. The van der Waals surface area contributed by atoms with E-state index in [1.165, 1.54) is 4.88 Å². The van der Waals surface area contributed by atoms with Crippen molar-refractivity contribution >= 4 is 45.1 Å². The lowest BCUT2D eigenvalue weighted by molar-refractivity contribution is -0.0104. The van der Waals surface area contributed by atoms with Gasteiger partial charge >= 0.3 is 6.09 Å². The summed E-state index contributed by atoms with van der Waals surface area (Å²) in [5.41, 5.74) is 0.400. The number of fused-ring (bicyclic) bond motifs is 1. The van der Waals surface area contributed by atoms with Crippen LogP contribution in [0.5, 0.6) is 0 Å². The zero-order valence-electron chi connectivity index (χ0n) is 20.1. The number of hydrogen-bond donors (Lipinski definition) is 0. The molecular weight excluding hydrogens is 462 g/mol. The maximum Gasteiger partial charge on any atom is 0.410 e. The fourth-order valence-electron chi connectivity index (χ4n) is 4.36. The lowest BCUT2D eigenvalue weighted by Gasteiger charge is -2.43. The first-order chi connectivity index (χ1) is 15.6. The average Bonchev–Trinajstić information content (AvgIpc) is 3.14. The van der Waals surface area contributed by atoms with Crippen LogP contribution in [0.4, 0.5) is 10.6 Å². The molecule has 2 saturated heterocycles. The molecule has 1 amide bonds. The number of piperazine rings is 1. The van der Waals surface area contributed by atoms with Crippen LogP contribution < -0.4 is 4.90 Å². The molecule has 2 aliphatic rings.